The number of nitrogens with zero attached hydrogens (tertiary/aromatic N) is 1. The topological polar surface area (TPSA) is 75.7 Å². The summed E-state index contributed by atoms with van der Waals surface area (Å²) >= 11 is 0. The van der Waals surface area contributed by atoms with Crippen LogP contribution in [-0.4, -0.2) is 42.2 Å². The van der Waals surface area contributed by atoms with Crippen LogP contribution < -0.4 is 10.1 Å². The van der Waals surface area contributed by atoms with Crippen molar-refractivity contribution in [2.45, 2.75) is 45.2 Å². The molecule has 0 atom stereocenters. The van der Waals surface area contributed by atoms with Crippen molar-refractivity contribution in [2.24, 2.45) is 0 Å². The van der Waals surface area contributed by atoms with Crippen LogP contribution in [0.4, 0.5) is 0 Å². The van der Waals surface area contributed by atoms with Gasteiger partial charge in [0.2, 0.25) is 5.91 Å². The van der Waals surface area contributed by atoms with Gasteiger partial charge in [0.25, 0.3) is 5.91 Å². The molecule has 1 N–H and O–H groups in total. The van der Waals surface area contributed by atoms with Crippen LogP contribution in [0.25, 0.3) is 0 Å². The summed E-state index contributed by atoms with van der Waals surface area (Å²) in [5.41, 5.74) is 2.15. The van der Waals surface area contributed by atoms with Crippen molar-refractivity contribution in [1.29, 1.82) is 0 Å². The number of rotatable bonds is 10. The van der Waals surface area contributed by atoms with Gasteiger partial charge in [0.15, 0.2) is 5.78 Å². The first-order chi connectivity index (χ1) is 14.5. The fourth-order valence-corrected chi connectivity index (χ4v) is 3.32. The summed E-state index contributed by atoms with van der Waals surface area (Å²) in [6, 6.07) is 14.6. The van der Waals surface area contributed by atoms with E-state index in [1.165, 1.54) is 0 Å². The number of hydrogen-bond acceptors (Lipinski definition) is 4. The highest BCUT2D eigenvalue weighted by atomic mass is 16.5. The molecule has 158 valence electrons. The molecule has 0 aromatic heterocycles. The molecule has 0 saturated heterocycles. The highest BCUT2D eigenvalue weighted by molar-refractivity contribution is 5.98. The third-order valence-electron chi connectivity index (χ3n) is 5.16. The Hall–Kier alpha value is -3.15. The van der Waals surface area contributed by atoms with E-state index >= 15 is 0 Å². The number of carbonyl (C=O) groups is 3. The number of nitrogens with one attached hydrogen (secondary N) is 1. The quantitative estimate of drug-likeness (QED) is 0.610. The predicted octanol–water partition coefficient (Wildman–Crippen LogP) is 3.60. The molecular weight excluding hydrogens is 380 g/mol. The van der Waals surface area contributed by atoms with Crippen molar-refractivity contribution in [3.8, 4) is 5.75 Å². The summed E-state index contributed by atoms with van der Waals surface area (Å²) in [5.74, 6) is 0.543. The lowest BCUT2D eigenvalue weighted by molar-refractivity contribution is -0.132. The van der Waals surface area contributed by atoms with Crippen LogP contribution in [0.2, 0.25) is 0 Å². The van der Waals surface area contributed by atoms with E-state index in [4.69, 9.17) is 4.74 Å². The molecule has 0 heterocycles. The molecule has 0 bridgehead atoms. The Kier molecular flexibility index (Phi) is 7.22. The van der Waals surface area contributed by atoms with Crippen molar-refractivity contribution in [3.63, 3.8) is 0 Å². The maximum Gasteiger partial charge on any atom is 0.251 e. The molecule has 30 heavy (non-hydrogen) atoms. The van der Waals surface area contributed by atoms with Crippen molar-refractivity contribution in [2.75, 3.05) is 13.7 Å². The first-order valence-corrected chi connectivity index (χ1v) is 10.4. The average Bonchev–Trinajstić information content (AvgIpc) is 3.61. The van der Waals surface area contributed by atoms with Crippen LogP contribution in [0, 0.1) is 0 Å². The van der Waals surface area contributed by atoms with E-state index in [0.29, 0.717) is 24.3 Å². The maximum atomic E-state index is 12.8. The van der Waals surface area contributed by atoms with Gasteiger partial charge in [-0.15, -0.1) is 0 Å². The highest BCUT2D eigenvalue weighted by Gasteiger charge is 2.32. The van der Waals surface area contributed by atoms with Crippen LogP contribution in [0.15, 0.2) is 48.5 Å². The number of Topliss-reactive ketones (excluding diaryl/α,β-unsaturated/α-hetero) is 1. The van der Waals surface area contributed by atoms with E-state index in [1.54, 1.807) is 43.4 Å². The summed E-state index contributed by atoms with van der Waals surface area (Å²) in [7, 11) is 1.60. The second-order valence-corrected chi connectivity index (χ2v) is 7.41. The van der Waals surface area contributed by atoms with Gasteiger partial charge in [-0.05, 0) is 61.7 Å². The summed E-state index contributed by atoms with van der Waals surface area (Å²) in [6.07, 6.45) is 2.37. The van der Waals surface area contributed by atoms with Crippen molar-refractivity contribution >= 4 is 17.6 Å². The summed E-state index contributed by atoms with van der Waals surface area (Å²) in [6.45, 7) is 2.98. The van der Waals surface area contributed by atoms with Gasteiger partial charge in [-0.1, -0.05) is 12.1 Å². The molecule has 2 amide bonds. The molecule has 3 rings (SSSR count). The first-order valence-electron chi connectivity index (χ1n) is 10.4. The lowest BCUT2D eigenvalue weighted by atomic mass is 10.1. The molecule has 0 unspecified atom stereocenters. The minimum Gasteiger partial charge on any atom is -0.494 e. The van der Waals surface area contributed by atoms with Crippen LogP contribution in [0.1, 0.15) is 58.9 Å². The van der Waals surface area contributed by atoms with Crippen molar-refractivity contribution in [1.82, 2.24) is 10.2 Å². The van der Waals surface area contributed by atoms with Gasteiger partial charge in [-0.2, -0.15) is 0 Å². The van der Waals surface area contributed by atoms with E-state index < -0.39 is 0 Å². The smallest absolute Gasteiger partial charge is 0.251 e. The maximum absolute atomic E-state index is 12.8. The SMILES string of the molecule is CCOc1ccc(C(=O)CCC(=O)N(Cc2ccc(C(=O)NC)cc2)C2CC2)cc1. The Morgan fingerprint density at radius 3 is 2.17 bits per heavy atom. The monoisotopic (exact) mass is 408 g/mol. The van der Waals surface area contributed by atoms with Gasteiger partial charge >= 0.3 is 0 Å². The molecule has 1 aliphatic rings. The Morgan fingerprint density at radius 2 is 1.60 bits per heavy atom. The Bertz CT molecular complexity index is 886. The summed E-state index contributed by atoms with van der Waals surface area (Å²) < 4.78 is 5.39. The molecule has 0 radical (unpaired) electrons. The number of hydrogen-bond donors (Lipinski definition) is 1. The molecule has 2 aromatic carbocycles. The average molecular weight is 408 g/mol. The lowest BCUT2D eigenvalue weighted by Gasteiger charge is -2.22. The van der Waals surface area contributed by atoms with E-state index in [-0.39, 0.29) is 36.5 Å². The van der Waals surface area contributed by atoms with Gasteiger partial charge in [-0.3, -0.25) is 14.4 Å². The predicted molar refractivity (Wildman–Crippen MR) is 115 cm³/mol. The molecule has 0 spiro atoms. The van der Waals surface area contributed by atoms with Gasteiger partial charge in [-0.25, -0.2) is 0 Å². The molecule has 2 aromatic rings. The van der Waals surface area contributed by atoms with Crippen molar-refractivity contribution in [3.05, 3.63) is 65.2 Å². The van der Waals surface area contributed by atoms with Gasteiger partial charge in [0.1, 0.15) is 5.75 Å². The van der Waals surface area contributed by atoms with Crippen LogP contribution >= 0.6 is 0 Å². The van der Waals surface area contributed by atoms with E-state index in [9.17, 15) is 14.4 Å². The largest absolute Gasteiger partial charge is 0.494 e. The van der Waals surface area contributed by atoms with Crippen LogP contribution in [-0.2, 0) is 11.3 Å². The Morgan fingerprint density at radius 1 is 0.967 bits per heavy atom. The molecule has 6 heteroatoms. The first kappa shape index (κ1) is 21.6. The molecule has 0 aliphatic heterocycles. The minimum absolute atomic E-state index is 0.00726. The number of benzene rings is 2. The lowest BCUT2D eigenvalue weighted by Crippen LogP contribution is -2.32. The number of ether oxygens (including phenoxy) is 1. The number of carbonyl (C=O) groups excluding carboxylic acids is 3. The molecule has 1 saturated carbocycles. The summed E-state index contributed by atoms with van der Waals surface area (Å²) in [5, 5.41) is 2.60. The van der Waals surface area contributed by atoms with Crippen LogP contribution in [0.3, 0.4) is 0 Å². The molecule has 1 fully saturated rings. The second-order valence-electron chi connectivity index (χ2n) is 7.41. The third-order valence-corrected chi connectivity index (χ3v) is 5.16. The standard InChI is InChI=1S/C24H28N2O4/c1-3-30-21-12-8-18(9-13-21)22(27)14-15-23(28)26(20-10-11-20)16-17-4-6-19(7-5-17)24(29)25-2/h4-9,12-13,20H,3,10-11,14-16H2,1-2H3,(H,25,29). The Labute approximate surface area is 177 Å². The third kappa shape index (κ3) is 5.69. The fourth-order valence-electron chi connectivity index (χ4n) is 3.32. The second kappa shape index (κ2) is 10.1. The Balaban J connectivity index is 1.56. The fraction of sp³-hybridized carbons (Fsp3) is 0.375. The molecule has 6 nitrogen and oxygen atoms in total. The van der Waals surface area contributed by atoms with Crippen molar-refractivity contribution < 1.29 is 19.1 Å². The molecule has 1 aliphatic carbocycles. The molecular formula is C24H28N2O4. The summed E-state index contributed by atoms with van der Waals surface area (Å²) in [4.78, 5) is 38.8. The number of amides is 2. The zero-order chi connectivity index (χ0) is 21.5. The highest BCUT2D eigenvalue weighted by Crippen LogP contribution is 2.29. The van der Waals surface area contributed by atoms with E-state index in [2.05, 4.69) is 5.32 Å². The van der Waals surface area contributed by atoms with Crippen LogP contribution in [0.5, 0.6) is 5.75 Å². The van der Waals surface area contributed by atoms with E-state index in [0.717, 1.165) is 24.2 Å². The van der Waals surface area contributed by atoms with E-state index in [1.807, 2.05) is 24.0 Å². The van der Waals surface area contributed by atoms with Gasteiger partial charge in [0.05, 0.1) is 6.61 Å². The van der Waals surface area contributed by atoms with Gasteiger partial charge in [0, 0.05) is 43.6 Å². The zero-order valence-corrected chi connectivity index (χ0v) is 17.5. The zero-order valence-electron chi connectivity index (χ0n) is 17.5. The van der Waals surface area contributed by atoms with Gasteiger partial charge < -0.3 is 15.0 Å². The number of ketones is 1. The normalized spacial score (nSPS) is 12.9. The minimum atomic E-state index is -0.135.